The van der Waals surface area contributed by atoms with Crippen molar-refractivity contribution in [1.29, 1.82) is 0 Å². The highest BCUT2D eigenvalue weighted by molar-refractivity contribution is 7.27. The predicted octanol–water partition coefficient (Wildman–Crippen LogP) is 12.7. The Morgan fingerprint density at radius 1 is 0.460 bits per heavy atom. The van der Waals surface area contributed by atoms with E-state index in [0.717, 1.165) is 39.2 Å². The maximum atomic E-state index is 5.26. The molecule has 3 heterocycles. The summed E-state index contributed by atoms with van der Waals surface area (Å²) in [4.78, 5) is 10.3. The molecule has 0 atom stereocenters. The zero-order chi connectivity index (χ0) is 32.8. The number of benzene rings is 8. The second-order valence-electron chi connectivity index (χ2n) is 12.9. The van der Waals surface area contributed by atoms with Gasteiger partial charge in [-0.2, -0.15) is 0 Å². The third-order valence-electron chi connectivity index (χ3n) is 10.2. The second-order valence-corrected chi connectivity index (χ2v) is 14.0. The van der Waals surface area contributed by atoms with Crippen LogP contribution in [-0.2, 0) is 0 Å². The molecule has 232 valence electrons. The predicted molar refractivity (Wildman–Crippen MR) is 213 cm³/mol. The normalized spacial score (nSPS) is 12.0. The summed E-state index contributed by atoms with van der Waals surface area (Å²) in [6.07, 6.45) is 0. The number of para-hydroxylation sites is 2. The van der Waals surface area contributed by atoms with Crippen molar-refractivity contribution in [3.8, 4) is 28.3 Å². The summed E-state index contributed by atoms with van der Waals surface area (Å²) in [5, 5.41) is 11.2. The van der Waals surface area contributed by atoms with Gasteiger partial charge in [0.05, 0.1) is 22.2 Å². The van der Waals surface area contributed by atoms with Gasteiger partial charge in [0.25, 0.3) is 0 Å². The molecule has 11 rings (SSSR count). The molecule has 0 saturated carbocycles. The monoisotopic (exact) mass is 653 g/mol. The molecule has 0 saturated heterocycles. The van der Waals surface area contributed by atoms with Crippen LogP contribution in [0.2, 0.25) is 0 Å². The number of aromatic nitrogens is 3. The Hall–Kier alpha value is -6.36. The number of rotatable bonds is 3. The highest BCUT2D eigenvalue weighted by Crippen LogP contribution is 2.48. The van der Waals surface area contributed by atoms with E-state index in [2.05, 4.69) is 168 Å². The molecule has 0 aliphatic carbocycles. The van der Waals surface area contributed by atoms with Crippen LogP contribution in [-0.4, -0.2) is 14.5 Å². The van der Waals surface area contributed by atoms with Crippen LogP contribution in [0.1, 0.15) is 0 Å². The lowest BCUT2D eigenvalue weighted by molar-refractivity contribution is 1.18. The first-order chi connectivity index (χ1) is 24.8. The molecule has 0 fully saturated rings. The maximum absolute atomic E-state index is 5.26. The summed E-state index contributed by atoms with van der Waals surface area (Å²) in [7, 11) is 0. The Morgan fingerprint density at radius 2 is 1.12 bits per heavy atom. The third-order valence-corrected chi connectivity index (χ3v) is 11.4. The summed E-state index contributed by atoms with van der Waals surface area (Å²) in [6, 6.07) is 58.6. The van der Waals surface area contributed by atoms with Crippen molar-refractivity contribution in [2.24, 2.45) is 0 Å². The molecule has 0 unspecified atom stereocenters. The fraction of sp³-hybridized carbons (Fsp3) is 0. The number of fused-ring (bicyclic) bond motifs is 12. The van der Waals surface area contributed by atoms with E-state index in [1.54, 1.807) is 0 Å². The van der Waals surface area contributed by atoms with E-state index >= 15 is 0 Å². The first-order valence-electron chi connectivity index (χ1n) is 16.9. The largest absolute Gasteiger partial charge is 0.309 e. The zero-order valence-corrected chi connectivity index (χ0v) is 27.7. The fourth-order valence-electron chi connectivity index (χ4n) is 7.99. The first-order valence-corrected chi connectivity index (χ1v) is 17.7. The van der Waals surface area contributed by atoms with Crippen molar-refractivity contribution < 1.29 is 0 Å². The van der Waals surface area contributed by atoms with Crippen LogP contribution < -0.4 is 0 Å². The van der Waals surface area contributed by atoms with E-state index in [9.17, 15) is 0 Å². The number of nitrogens with zero attached hydrogens (tertiary/aromatic N) is 3. The molecule has 0 amide bonds. The fourth-order valence-corrected chi connectivity index (χ4v) is 9.27. The Labute approximate surface area is 291 Å². The van der Waals surface area contributed by atoms with Gasteiger partial charge >= 0.3 is 0 Å². The van der Waals surface area contributed by atoms with Crippen LogP contribution in [0.25, 0.3) is 103 Å². The van der Waals surface area contributed by atoms with Gasteiger partial charge < -0.3 is 4.57 Å². The Kier molecular flexibility index (Phi) is 5.83. The molecule has 50 heavy (non-hydrogen) atoms. The highest BCUT2D eigenvalue weighted by atomic mass is 32.1. The van der Waals surface area contributed by atoms with E-state index < -0.39 is 0 Å². The van der Waals surface area contributed by atoms with Crippen LogP contribution in [0, 0.1) is 0 Å². The number of thiophene rings is 1. The molecule has 3 nitrogen and oxygen atoms in total. The lowest BCUT2D eigenvalue weighted by atomic mass is 9.99. The molecule has 4 heteroatoms. The Bertz CT molecular complexity index is 3140. The molecule has 0 spiro atoms. The quantitative estimate of drug-likeness (QED) is 0.190. The Morgan fingerprint density at radius 3 is 1.98 bits per heavy atom. The minimum atomic E-state index is 0.720. The molecule has 0 aliphatic heterocycles. The number of hydrogen-bond donors (Lipinski definition) is 0. The van der Waals surface area contributed by atoms with Gasteiger partial charge in [0.1, 0.15) is 0 Å². The van der Waals surface area contributed by atoms with E-state index in [1.807, 2.05) is 11.3 Å². The molecule has 0 radical (unpaired) electrons. The van der Waals surface area contributed by atoms with Crippen molar-refractivity contribution in [2.75, 3.05) is 0 Å². The van der Waals surface area contributed by atoms with Crippen molar-refractivity contribution in [2.45, 2.75) is 0 Å². The van der Waals surface area contributed by atoms with Crippen molar-refractivity contribution in [3.63, 3.8) is 0 Å². The minimum Gasteiger partial charge on any atom is -0.309 e. The van der Waals surface area contributed by atoms with Gasteiger partial charge in [0, 0.05) is 58.5 Å². The topological polar surface area (TPSA) is 30.7 Å². The van der Waals surface area contributed by atoms with E-state index in [1.165, 1.54) is 63.5 Å². The second kappa shape index (κ2) is 10.6. The van der Waals surface area contributed by atoms with Crippen LogP contribution in [0.4, 0.5) is 0 Å². The van der Waals surface area contributed by atoms with Gasteiger partial charge in [-0.25, -0.2) is 9.97 Å². The molecular formula is C46H27N3S. The van der Waals surface area contributed by atoms with E-state index in [-0.39, 0.29) is 0 Å². The van der Waals surface area contributed by atoms with E-state index in [4.69, 9.17) is 9.97 Å². The van der Waals surface area contributed by atoms with Crippen molar-refractivity contribution in [3.05, 3.63) is 164 Å². The van der Waals surface area contributed by atoms with Crippen LogP contribution >= 0.6 is 11.3 Å². The lowest BCUT2D eigenvalue weighted by Gasteiger charge is -2.13. The average Bonchev–Trinajstić information content (AvgIpc) is 3.74. The zero-order valence-electron chi connectivity index (χ0n) is 26.8. The summed E-state index contributed by atoms with van der Waals surface area (Å²) >= 11 is 1.90. The summed E-state index contributed by atoms with van der Waals surface area (Å²) < 4.78 is 5.11. The van der Waals surface area contributed by atoms with Crippen molar-refractivity contribution in [1.82, 2.24) is 14.5 Å². The number of hydrogen-bond acceptors (Lipinski definition) is 3. The lowest BCUT2D eigenvalue weighted by Crippen LogP contribution is -1.97. The van der Waals surface area contributed by atoms with Gasteiger partial charge in [-0.05, 0) is 58.6 Å². The van der Waals surface area contributed by atoms with Crippen LogP contribution in [0.3, 0.4) is 0 Å². The molecule has 0 bridgehead atoms. The smallest absolute Gasteiger partial charge is 0.160 e. The average molecular weight is 654 g/mol. The SMILES string of the molecule is c1ccc2c(-c3nc(-c4ccc(-n5c6ccccc6c6c7sc8ccccc8c7c7ccccc7c65)cc4)nc4ccccc34)cccc2c1. The van der Waals surface area contributed by atoms with Gasteiger partial charge in [-0.15, -0.1) is 11.3 Å². The third kappa shape index (κ3) is 3.91. The molecular weight excluding hydrogens is 627 g/mol. The van der Waals surface area contributed by atoms with Crippen molar-refractivity contribution >= 4 is 85.8 Å². The maximum Gasteiger partial charge on any atom is 0.160 e. The van der Waals surface area contributed by atoms with E-state index in [0.29, 0.717) is 0 Å². The molecule has 0 aliphatic rings. The van der Waals surface area contributed by atoms with Gasteiger partial charge in [0.15, 0.2) is 5.82 Å². The molecule has 8 aromatic carbocycles. The highest BCUT2D eigenvalue weighted by Gasteiger charge is 2.21. The van der Waals surface area contributed by atoms with Gasteiger partial charge in [0.2, 0.25) is 0 Å². The van der Waals surface area contributed by atoms with Gasteiger partial charge in [-0.1, -0.05) is 121 Å². The minimum absolute atomic E-state index is 0.720. The first kappa shape index (κ1) is 27.6. The summed E-state index contributed by atoms with van der Waals surface area (Å²) in [5.41, 5.74) is 7.54. The molecule has 0 N–H and O–H groups in total. The van der Waals surface area contributed by atoms with Crippen LogP contribution in [0.15, 0.2) is 164 Å². The standard InChI is InChI=1S/C46H27N3S/c1-2-14-31-28(12-1)13-11-20-33(31)43-35-17-5-8-21-38(35)47-46(48-43)29-24-26-30(27-25-29)49-39-22-9-6-18-36(39)42-44(49)34-16-4-3-15-32(34)41-37-19-7-10-23-40(37)50-45(41)42/h1-27H. The van der Waals surface area contributed by atoms with Gasteiger partial charge in [-0.3, -0.25) is 0 Å². The van der Waals surface area contributed by atoms with Crippen LogP contribution in [0.5, 0.6) is 0 Å². The molecule has 11 aromatic rings. The Balaban J connectivity index is 1.15. The summed E-state index contributed by atoms with van der Waals surface area (Å²) in [5.74, 6) is 0.720. The summed E-state index contributed by atoms with van der Waals surface area (Å²) in [6.45, 7) is 0. The molecule has 3 aromatic heterocycles.